The zero-order valence-electron chi connectivity index (χ0n) is 7.22. The summed E-state index contributed by atoms with van der Waals surface area (Å²) >= 11 is 0. The summed E-state index contributed by atoms with van der Waals surface area (Å²) in [5.74, 6) is -0.121. The van der Waals surface area contributed by atoms with Crippen molar-refractivity contribution >= 4 is 12.4 Å². The molecule has 0 aliphatic carbocycles. The molecule has 66 valence electrons. The van der Waals surface area contributed by atoms with Gasteiger partial charge in [-0.2, -0.15) is 0 Å². The molecule has 0 spiro atoms. The van der Waals surface area contributed by atoms with Crippen LogP contribution >= 0.6 is 0 Å². The van der Waals surface area contributed by atoms with Crippen LogP contribution in [0.15, 0.2) is 0 Å². The van der Waals surface area contributed by atoms with Gasteiger partial charge in [0.1, 0.15) is 6.61 Å². The highest BCUT2D eigenvalue weighted by molar-refractivity contribution is 5.72. The minimum absolute atomic E-state index is 0.121. The van der Waals surface area contributed by atoms with Crippen LogP contribution in [0.3, 0.4) is 0 Å². The lowest BCUT2D eigenvalue weighted by Crippen LogP contribution is -2.24. The van der Waals surface area contributed by atoms with Gasteiger partial charge in [0.25, 0.3) is 6.47 Å². The van der Waals surface area contributed by atoms with Crippen LogP contribution in [-0.4, -0.2) is 25.5 Å². The fraction of sp³-hybridized carbons (Fsp3) is 0.714. The quantitative estimate of drug-likeness (QED) is 0.477. The second kappa shape index (κ2) is 11.7. The molecule has 1 amide bonds. The first-order chi connectivity index (χ1) is 5.27. The third-order valence-electron chi connectivity index (χ3n) is 0.662. The van der Waals surface area contributed by atoms with E-state index < -0.39 is 0 Å². The highest BCUT2D eigenvalue weighted by Gasteiger charge is 1.87. The molecule has 0 aromatic carbocycles. The number of hydrogen-bond acceptors (Lipinski definition) is 3. The van der Waals surface area contributed by atoms with Crippen molar-refractivity contribution in [1.82, 2.24) is 5.32 Å². The van der Waals surface area contributed by atoms with Gasteiger partial charge >= 0.3 is 0 Å². The van der Waals surface area contributed by atoms with Gasteiger partial charge in [-0.1, -0.05) is 13.8 Å². The van der Waals surface area contributed by atoms with Crippen LogP contribution in [0.4, 0.5) is 0 Å². The maximum absolute atomic E-state index is 10.2. The number of hydrogen-bond donors (Lipinski definition) is 1. The molecule has 0 unspecified atom stereocenters. The molecule has 0 aromatic heterocycles. The van der Waals surface area contributed by atoms with Gasteiger partial charge in [0, 0.05) is 6.92 Å². The number of carbonyl (C=O) groups is 2. The Bertz CT molecular complexity index is 104. The number of rotatable bonds is 4. The minimum atomic E-state index is -0.121. The number of nitrogens with one attached hydrogen (secondary N) is 1. The van der Waals surface area contributed by atoms with Crippen LogP contribution in [0.5, 0.6) is 0 Å². The molecule has 0 rings (SSSR count). The Morgan fingerprint density at radius 3 is 2.45 bits per heavy atom. The first-order valence-electron chi connectivity index (χ1n) is 3.57. The Morgan fingerprint density at radius 1 is 1.55 bits per heavy atom. The lowest BCUT2D eigenvalue weighted by Gasteiger charge is -1.97. The van der Waals surface area contributed by atoms with Crippen molar-refractivity contribution in [3.63, 3.8) is 0 Å². The van der Waals surface area contributed by atoms with Crippen LogP contribution in [-0.2, 0) is 14.3 Å². The summed E-state index contributed by atoms with van der Waals surface area (Å²) < 4.78 is 4.29. The molecule has 11 heavy (non-hydrogen) atoms. The van der Waals surface area contributed by atoms with Crippen molar-refractivity contribution in [1.29, 1.82) is 0 Å². The summed E-state index contributed by atoms with van der Waals surface area (Å²) in [6.45, 7) is 6.37. The second-order valence-corrected chi connectivity index (χ2v) is 1.45. The summed E-state index contributed by atoms with van der Waals surface area (Å²) in [7, 11) is 0. The SMILES string of the molecule is CC.CC(=O)NCCOC=O. The van der Waals surface area contributed by atoms with Gasteiger partial charge in [-0.15, -0.1) is 0 Å². The third-order valence-corrected chi connectivity index (χ3v) is 0.662. The van der Waals surface area contributed by atoms with Gasteiger partial charge in [-0.3, -0.25) is 9.59 Å². The largest absolute Gasteiger partial charge is 0.466 e. The van der Waals surface area contributed by atoms with E-state index in [9.17, 15) is 9.59 Å². The van der Waals surface area contributed by atoms with E-state index in [4.69, 9.17) is 0 Å². The average molecular weight is 161 g/mol. The van der Waals surface area contributed by atoms with Gasteiger partial charge < -0.3 is 10.1 Å². The van der Waals surface area contributed by atoms with E-state index in [0.717, 1.165) is 0 Å². The fourth-order valence-corrected chi connectivity index (χ4v) is 0.334. The summed E-state index contributed by atoms with van der Waals surface area (Å²) in [5, 5.41) is 2.46. The van der Waals surface area contributed by atoms with Crippen LogP contribution in [0.2, 0.25) is 0 Å². The van der Waals surface area contributed by atoms with E-state index in [-0.39, 0.29) is 12.5 Å². The summed E-state index contributed by atoms with van der Waals surface area (Å²) in [5.41, 5.74) is 0. The first-order valence-corrected chi connectivity index (χ1v) is 3.57. The highest BCUT2D eigenvalue weighted by Crippen LogP contribution is 1.64. The predicted molar refractivity (Wildman–Crippen MR) is 42.0 cm³/mol. The number of carbonyl (C=O) groups excluding carboxylic acids is 2. The smallest absolute Gasteiger partial charge is 0.293 e. The third kappa shape index (κ3) is 17.6. The monoisotopic (exact) mass is 161 g/mol. The minimum Gasteiger partial charge on any atom is -0.466 e. The molecule has 4 heteroatoms. The summed E-state index contributed by atoms with van der Waals surface area (Å²) in [4.78, 5) is 19.7. The lowest BCUT2D eigenvalue weighted by molar-refractivity contribution is -0.129. The molecule has 0 heterocycles. The van der Waals surface area contributed by atoms with Crippen molar-refractivity contribution in [3.8, 4) is 0 Å². The van der Waals surface area contributed by atoms with Crippen molar-refractivity contribution in [2.75, 3.05) is 13.2 Å². The molecule has 0 saturated heterocycles. The molecular formula is C7H15NO3. The van der Waals surface area contributed by atoms with Crippen molar-refractivity contribution < 1.29 is 14.3 Å². The average Bonchev–Trinajstić information content (AvgIpc) is 2.02. The molecule has 0 aromatic rings. The molecule has 0 aliphatic rings. The first kappa shape index (κ1) is 12.6. The molecule has 0 aliphatic heterocycles. The van der Waals surface area contributed by atoms with Crippen molar-refractivity contribution in [3.05, 3.63) is 0 Å². The maximum atomic E-state index is 10.2. The normalized spacial score (nSPS) is 7.18. The molecule has 0 fully saturated rings. The second-order valence-electron chi connectivity index (χ2n) is 1.45. The van der Waals surface area contributed by atoms with E-state index >= 15 is 0 Å². The fourth-order valence-electron chi connectivity index (χ4n) is 0.334. The lowest BCUT2D eigenvalue weighted by atomic mass is 10.6. The Morgan fingerprint density at radius 2 is 2.09 bits per heavy atom. The predicted octanol–water partition coefficient (Wildman–Crippen LogP) is 0.322. The van der Waals surface area contributed by atoms with Crippen LogP contribution < -0.4 is 5.32 Å². The van der Waals surface area contributed by atoms with Crippen LogP contribution in [0.1, 0.15) is 20.8 Å². The zero-order valence-corrected chi connectivity index (χ0v) is 7.22. The van der Waals surface area contributed by atoms with Crippen molar-refractivity contribution in [2.24, 2.45) is 0 Å². The maximum Gasteiger partial charge on any atom is 0.293 e. The molecule has 4 nitrogen and oxygen atoms in total. The molecule has 0 radical (unpaired) electrons. The van der Waals surface area contributed by atoms with E-state index in [0.29, 0.717) is 13.0 Å². The Balaban J connectivity index is 0. The van der Waals surface area contributed by atoms with Gasteiger partial charge in [0.05, 0.1) is 6.54 Å². The molecular weight excluding hydrogens is 146 g/mol. The van der Waals surface area contributed by atoms with Gasteiger partial charge in [-0.25, -0.2) is 0 Å². The standard InChI is InChI=1S/C5H9NO3.C2H6/c1-5(8)6-2-3-9-4-7;1-2/h4H,2-3H2,1H3,(H,6,8);1-2H3. The van der Waals surface area contributed by atoms with Gasteiger partial charge in [-0.05, 0) is 0 Å². The summed E-state index contributed by atoms with van der Waals surface area (Å²) in [6.07, 6.45) is 0. The van der Waals surface area contributed by atoms with Crippen LogP contribution in [0, 0.1) is 0 Å². The van der Waals surface area contributed by atoms with Crippen molar-refractivity contribution in [2.45, 2.75) is 20.8 Å². The van der Waals surface area contributed by atoms with E-state index in [2.05, 4.69) is 10.1 Å². The zero-order chi connectivity index (χ0) is 9.11. The van der Waals surface area contributed by atoms with E-state index in [1.807, 2.05) is 13.8 Å². The Kier molecular flexibility index (Phi) is 13.4. The Labute approximate surface area is 66.9 Å². The number of ether oxygens (including phenoxy) is 1. The molecule has 0 saturated carbocycles. The highest BCUT2D eigenvalue weighted by atomic mass is 16.5. The van der Waals surface area contributed by atoms with Gasteiger partial charge in [0.15, 0.2) is 0 Å². The van der Waals surface area contributed by atoms with Gasteiger partial charge in [0.2, 0.25) is 5.91 Å². The Hall–Kier alpha value is -1.06. The van der Waals surface area contributed by atoms with Crippen LogP contribution in [0.25, 0.3) is 0 Å². The molecule has 0 atom stereocenters. The topological polar surface area (TPSA) is 55.4 Å². The summed E-state index contributed by atoms with van der Waals surface area (Å²) in [6, 6.07) is 0. The van der Waals surface area contributed by atoms with E-state index in [1.165, 1.54) is 6.92 Å². The van der Waals surface area contributed by atoms with E-state index in [1.54, 1.807) is 0 Å². The number of amides is 1. The molecule has 0 bridgehead atoms. The molecule has 1 N–H and O–H groups in total.